The van der Waals surface area contributed by atoms with Gasteiger partial charge in [0.25, 0.3) is 0 Å². The van der Waals surface area contributed by atoms with Crippen LogP contribution in [0.25, 0.3) is 0 Å². The van der Waals surface area contributed by atoms with E-state index in [-0.39, 0.29) is 11.6 Å². The zero-order valence-corrected chi connectivity index (χ0v) is 13.2. The number of hydrogen-bond acceptors (Lipinski definition) is 3. The molecule has 1 aliphatic carbocycles. The Morgan fingerprint density at radius 3 is 2.19 bits per heavy atom. The first-order valence-corrected chi connectivity index (χ1v) is 8.39. The third-order valence-electron chi connectivity index (χ3n) is 5.48. The highest BCUT2D eigenvalue weighted by Crippen LogP contribution is 2.43. The maximum absolute atomic E-state index is 11.2. The molecule has 0 unspecified atom stereocenters. The number of piperazine rings is 1. The number of hydrogen-bond donors (Lipinski definition) is 1. The van der Waals surface area contributed by atoms with Gasteiger partial charge < -0.3 is 10.0 Å². The van der Waals surface area contributed by atoms with E-state index in [9.17, 15) is 5.11 Å². The van der Waals surface area contributed by atoms with Gasteiger partial charge >= 0.3 is 0 Å². The number of likely N-dealkylation sites (N-methyl/N-ethyl adjacent to an activating group) is 1. The molecule has 0 aromatic heterocycles. The van der Waals surface area contributed by atoms with Gasteiger partial charge in [-0.25, -0.2) is 0 Å². The molecule has 0 amide bonds. The van der Waals surface area contributed by atoms with Crippen LogP contribution < -0.4 is 0 Å². The quantitative estimate of drug-likeness (QED) is 0.926. The number of aliphatic hydroxyl groups is 1. The van der Waals surface area contributed by atoms with Gasteiger partial charge in [0.15, 0.2) is 0 Å². The van der Waals surface area contributed by atoms with Crippen molar-refractivity contribution in [3.63, 3.8) is 0 Å². The normalized spacial score (nSPS) is 25.6. The van der Waals surface area contributed by atoms with E-state index in [2.05, 4.69) is 29.0 Å². The van der Waals surface area contributed by atoms with Gasteiger partial charge in [-0.1, -0.05) is 49.6 Å². The molecule has 3 nitrogen and oxygen atoms in total. The molecule has 0 radical (unpaired) electrons. The van der Waals surface area contributed by atoms with Gasteiger partial charge in [-0.3, -0.25) is 4.90 Å². The van der Waals surface area contributed by atoms with Crippen LogP contribution in [0.3, 0.4) is 0 Å². The lowest BCUT2D eigenvalue weighted by Crippen LogP contribution is -2.59. The first-order chi connectivity index (χ1) is 10.2. The van der Waals surface area contributed by atoms with Crippen LogP contribution in [0, 0.1) is 0 Å². The second-order valence-electron chi connectivity index (χ2n) is 6.77. The molecule has 3 rings (SSSR count). The fourth-order valence-corrected chi connectivity index (χ4v) is 4.12. The van der Waals surface area contributed by atoms with Gasteiger partial charge in [0, 0.05) is 26.2 Å². The van der Waals surface area contributed by atoms with Gasteiger partial charge in [-0.2, -0.15) is 0 Å². The van der Waals surface area contributed by atoms with Gasteiger partial charge in [0.1, 0.15) is 0 Å². The standard InChI is InChI=1S/C18H28N2O/c1-19-12-14-20(15-13-19)18(10-6-3-7-11-18)17(21)16-8-4-2-5-9-16/h2,4-5,8-9,17,21H,3,6-7,10-15H2,1H3/t17-/m1/s1. The van der Waals surface area contributed by atoms with Gasteiger partial charge in [-0.05, 0) is 25.5 Å². The molecule has 1 aromatic carbocycles. The molecule has 116 valence electrons. The summed E-state index contributed by atoms with van der Waals surface area (Å²) in [5.41, 5.74) is 1.04. The van der Waals surface area contributed by atoms with Crippen molar-refractivity contribution in [1.29, 1.82) is 0 Å². The SMILES string of the molecule is CN1CCN(C2([C@H](O)c3ccccc3)CCCCC2)CC1. The lowest BCUT2D eigenvalue weighted by atomic mass is 9.73. The lowest BCUT2D eigenvalue weighted by Gasteiger charge is -2.52. The van der Waals surface area contributed by atoms with Crippen LogP contribution in [0.5, 0.6) is 0 Å². The summed E-state index contributed by atoms with van der Waals surface area (Å²) in [6.07, 6.45) is 5.71. The Bertz CT molecular complexity index is 434. The smallest absolute Gasteiger partial charge is 0.0973 e. The maximum Gasteiger partial charge on any atom is 0.0973 e. The van der Waals surface area contributed by atoms with E-state index < -0.39 is 0 Å². The van der Waals surface area contributed by atoms with Crippen LogP contribution in [0.2, 0.25) is 0 Å². The molecule has 3 heteroatoms. The molecule has 1 aliphatic heterocycles. The Labute approximate surface area is 128 Å². The molecule has 21 heavy (non-hydrogen) atoms. The summed E-state index contributed by atoms with van der Waals surface area (Å²) in [7, 11) is 2.19. The molecule has 2 fully saturated rings. The first-order valence-electron chi connectivity index (χ1n) is 8.39. The summed E-state index contributed by atoms with van der Waals surface area (Å²) in [4.78, 5) is 4.98. The largest absolute Gasteiger partial charge is 0.386 e. The number of benzene rings is 1. The molecule has 1 atom stereocenters. The van der Waals surface area contributed by atoms with Crippen molar-refractivity contribution in [2.24, 2.45) is 0 Å². The van der Waals surface area contributed by atoms with Crippen LogP contribution in [0.4, 0.5) is 0 Å². The van der Waals surface area contributed by atoms with Crippen LogP contribution in [0.15, 0.2) is 30.3 Å². The van der Waals surface area contributed by atoms with E-state index in [4.69, 9.17) is 0 Å². The minimum Gasteiger partial charge on any atom is -0.386 e. The summed E-state index contributed by atoms with van der Waals surface area (Å²) in [6.45, 7) is 4.40. The van der Waals surface area contributed by atoms with Gasteiger partial charge in [0.05, 0.1) is 11.6 Å². The van der Waals surface area contributed by atoms with E-state index in [0.717, 1.165) is 44.6 Å². The summed E-state index contributed by atoms with van der Waals surface area (Å²) < 4.78 is 0. The molecule has 2 aliphatic rings. The average Bonchev–Trinajstić information content (AvgIpc) is 2.56. The molecular weight excluding hydrogens is 260 g/mol. The minimum atomic E-state index is -0.359. The summed E-state index contributed by atoms with van der Waals surface area (Å²) in [5.74, 6) is 0. The predicted octanol–water partition coefficient (Wildman–Crippen LogP) is 2.67. The molecule has 1 N–H and O–H groups in total. The van der Waals surface area contributed by atoms with Crippen LogP contribution >= 0.6 is 0 Å². The van der Waals surface area contributed by atoms with E-state index in [1.165, 1.54) is 19.3 Å². The molecule has 0 bridgehead atoms. The predicted molar refractivity (Wildman–Crippen MR) is 86.3 cm³/mol. The topological polar surface area (TPSA) is 26.7 Å². The lowest BCUT2D eigenvalue weighted by molar-refractivity contribution is -0.0736. The highest BCUT2D eigenvalue weighted by molar-refractivity contribution is 5.22. The molecule has 1 saturated heterocycles. The number of aliphatic hydroxyl groups excluding tert-OH is 1. The van der Waals surface area contributed by atoms with Crippen molar-refractivity contribution >= 4 is 0 Å². The Balaban J connectivity index is 1.86. The fraction of sp³-hybridized carbons (Fsp3) is 0.667. The summed E-state index contributed by atoms with van der Waals surface area (Å²) in [5, 5.41) is 11.2. The third-order valence-corrected chi connectivity index (χ3v) is 5.48. The maximum atomic E-state index is 11.2. The van der Waals surface area contributed by atoms with Crippen molar-refractivity contribution < 1.29 is 5.11 Å². The minimum absolute atomic E-state index is 0.0408. The van der Waals surface area contributed by atoms with Crippen molar-refractivity contribution in [2.75, 3.05) is 33.2 Å². The van der Waals surface area contributed by atoms with Crippen LogP contribution in [0.1, 0.15) is 43.8 Å². The molecule has 1 aromatic rings. The Morgan fingerprint density at radius 1 is 0.952 bits per heavy atom. The van der Waals surface area contributed by atoms with E-state index >= 15 is 0 Å². The van der Waals surface area contributed by atoms with Gasteiger partial charge in [-0.15, -0.1) is 0 Å². The second kappa shape index (κ2) is 6.47. The zero-order valence-electron chi connectivity index (χ0n) is 13.2. The highest BCUT2D eigenvalue weighted by atomic mass is 16.3. The Kier molecular flexibility index (Phi) is 4.63. The second-order valence-corrected chi connectivity index (χ2v) is 6.77. The molecule has 1 saturated carbocycles. The van der Waals surface area contributed by atoms with Crippen molar-refractivity contribution in [3.8, 4) is 0 Å². The van der Waals surface area contributed by atoms with E-state index in [1.54, 1.807) is 0 Å². The highest BCUT2D eigenvalue weighted by Gasteiger charge is 2.45. The monoisotopic (exact) mass is 288 g/mol. The van der Waals surface area contributed by atoms with Crippen LogP contribution in [-0.4, -0.2) is 53.7 Å². The number of rotatable bonds is 3. The fourth-order valence-electron chi connectivity index (χ4n) is 4.12. The average molecular weight is 288 g/mol. The van der Waals surface area contributed by atoms with Gasteiger partial charge in [0.2, 0.25) is 0 Å². The van der Waals surface area contributed by atoms with E-state index in [0.29, 0.717) is 0 Å². The number of nitrogens with zero attached hydrogens (tertiary/aromatic N) is 2. The van der Waals surface area contributed by atoms with Crippen molar-refractivity contribution in [1.82, 2.24) is 9.80 Å². The molecular formula is C18H28N2O. The van der Waals surface area contributed by atoms with Crippen molar-refractivity contribution in [2.45, 2.75) is 43.7 Å². The zero-order chi connectivity index (χ0) is 14.7. The summed E-state index contributed by atoms with van der Waals surface area (Å²) in [6, 6.07) is 10.3. The van der Waals surface area contributed by atoms with Crippen LogP contribution in [-0.2, 0) is 0 Å². The molecule has 0 spiro atoms. The van der Waals surface area contributed by atoms with E-state index in [1.807, 2.05) is 18.2 Å². The first kappa shape index (κ1) is 15.0. The third kappa shape index (κ3) is 3.01. The van der Waals surface area contributed by atoms with Crippen molar-refractivity contribution in [3.05, 3.63) is 35.9 Å². The summed E-state index contributed by atoms with van der Waals surface area (Å²) >= 11 is 0. The Morgan fingerprint density at radius 2 is 1.57 bits per heavy atom. The molecule has 1 heterocycles. The Hall–Kier alpha value is -0.900.